The van der Waals surface area contributed by atoms with E-state index in [0.717, 1.165) is 0 Å². The van der Waals surface area contributed by atoms with Crippen LogP contribution in [0.2, 0.25) is 0 Å². The summed E-state index contributed by atoms with van der Waals surface area (Å²) in [4.78, 5) is 36.8. The first-order valence-corrected chi connectivity index (χ1v) is 5.96. The number of hydrogen-bond donors (Lipinski definition) is 2. The van der Waals surface area contributed by atoms with E-state index in [1.807, 2.05) is 0 Å². The summed E-state index contributed by atoms with van der Waals surface area (Å²) in [6.45, 7) is 5.56. The molecule has 0 saturated carbocycles. The molecule has 106 valence electrons. The number of nitrogens with two attached hydrogens (primary N) is 1. The molecule has 7 heteroatoms. The van der Waals surface area contributed by atoms with Crippen molar-refractivity contribution in [1.82, 2.24) is 9.80 Å². The Morgan fingerprint density at radius 3 is 2.58 bits per heavy atom. The molecule has 0 aromatic rings. The van der Waals surface area contributed by atoms with Gasteiger partial charge in [0.05, 0.1) is 5.41 Å². The number of rotatable bonds is 5. The molecule has 0 aliphatic carbocycles. The Labute approximate surface area is 111 Å². The summed E-state index contributed by atoms with van der Waals surface area (Å²) in [5.41, 5.74) is 4.57. The number of nitrogens with zero attached hydrogens (tertiary/aromatic N) is 2. The van der Waals surface area contributed by atoms with Crippen LogP contribution in [0.4, 0.5) is 4.79 Å². The third-order valence-electron chi connectivity index (χ3n) is 3.28. The zero-order chi connectivity index (χ0) is 14.6. The van der Waals surface area contributed by atoms with Crippen LogP contribution in [0.25, 0.3) is 0 Å². The molecular weight excluding hydrogens is 250 g/mol. The standard InChI is InChI=1S/C12H19N3O4/c1-3-5-14(7-9(16)17)11(19)15-6-4-12(2,8-15)10(13)18/h3H,1,4-8H2,2H3,(H2,13,18)(H,16,17). The number of aliphatic carboxylic acids is 1. The van der Waals surface area contributed by atoms with Crippen LogP contribution in [0.1, 0.15) is 13.3 Å². The van der Waals surface area contributed by atoms with Crippen LogP contribution in [0.3, 0.4) is 0 Å². The maximum absolute atomic E-state index is 12.2. The summed E-state index contributed by atoms with van der Waals surface area (Å²) in [6, 6.07) is -0.410. The zero-order valence-corrected chi connectivity index (χ0v) is 11.0. The first-order valence-electron chi connectivity index (χ1n) is 5.96. The number of hydrogen-bond acceptors (Lipinski definition) is 3. The van der Waals surface area contributed by atoms with Gasteiger partial charge >= 0.3 is 12.0 Å². The first kappa shape index (κ1) is 15.0. The van der Waals surface area contributed by atoms with Gasteiger partial charge in [0.2, 0.25) is 5.91 Å². The van der Waals surface area contributed by atoms with E-state index in [0.29, 0.717) is 13.0 Å². The molecule has 3 N–H and O–H groups in total. The molecule has 0 bridgehead atoms. The van der Waals surface area contributed by atoms with Crippen molar-refractivity contribution >= 4 is 17.9 Å². The molecule has 0 aromatic heterocycles. The average Bonchev–Trinajstić information content (AvgIpc) is 2.71. The quantitative estimate of drug-likeness (QED) is 0.679. The van der Waals surface area contributed by atoms with Crippen LogP contribution in [0, 0.1) is 5.41 Å². The number of carbonyl (C=O) groups excluding carboxylic acids is 2. The fourth-order valence-electron chi connectivity index (χ4n) is 2.05. The van der Waals surface area contributed by atoms with Crippen molar-refractivity contribution in [2.45, 2.75) is 13.3 Å². The molecule has 1 fully saturated rings. The molecule has 1 heterocycles. The van der Waals surface area contributed by atoms with Gasteiger partial charge < -0.3 is 20.6 Å². The van der Waals surface area contributed by atoms with E-state index in [1.54, 1.807) is 6.92 Å². The summed E-state index contributed by atoms with van der Waals surface area (Å²) in [7, 11) is 0. The lowest BCUT2D eigenvalue weighted by atomic mass is 9.89. The third-order valence-corrected chi connectivity index (χ3v) is 3.28. The molecule has 1 saturated heterocycles. The number of amides is 3. The summed E-state index contributed by atoms with van der Waals surface area (Å²) in [5, 5.41) is 8.77. The molecule has 0 radical (unpaired) electrons. The number of carbonyl (C=O) groups is 3. The second-order valence-electron chi connectivity index (χ2n) is 4.94. The van der Waals surface area contributed by atoms with E-state index < -0.39 is 29.9 Å². The Hall–Kier alpha value is -2.05. The monoisotopic (exact) mass is 269 g/mol. The lowest BCUT2D eigenvalue weighted by molar-refractivity contribution is -0.137. The first-order chi connectivity index (χ1) is 8.80. The van der Waals surface area contributed by atoms with E-state index in [-0.39, 0.29) is 13.1 Å². The van der Waals surface area contributed by atoms with Gasteiger partial charge in [-0.25, -0.2) is 4.79 Å². The molecule has 7 nitrogen and oxygen atoms in total. The Morgan fingerprint density at radius 1 is 1.53 bits per heavy atom. The minimum atomic E-state index is -1.09. The number of carboxylic acid groups (broad SMARTS) is 1. The summed E-state index contributed by atoms with van der Waals surface area (Å²) >= 11 is 0. The van der Waals surface area contributed by atoms with Crippen molar-refractivity contribution in [3.05, 3.63) is 12.7 Å². The van der Waals surface area contributed by atoms with E-state index in [4.69, 9.17) is 10.8 Å². The van der Waals surface area contributed by atoms with Gasteiger partial charge in [0, 0.05) is 19.6 Å². The molecule has 1 unspecified atom stereocenters. The zero-order valence-electron chi connectivity index (χ0n) is 11.0. The maximum Gasteiger partial charge on any atom is 0.323 e. The predicted octanol–water partition coefficient (Wildman–Crippen LogP) is -0.124. The highest BCUT2D eigenvalue weighted by atomic mass is 16.4. The van der Waals surface area contributed by atoms with Crippen LogP contribution < -0.4 is 5.73 Å². The molecule has 1 aliphatic heterocycles. The summed E-state index contributed by atoms with van der Waals surface area (Å²) in [5.74, 6) is -1.54. The lowest BCUT2D eigenvalue weighted by Gasteiger charge is -2.27. The second-order valence-corrected chi connectivity index (χ2v) is 4.94. The second kappa shape index (κ2) is 5.73. The highest BCUT2D eigenvalue weighted by Crippen LogP contribution is 2.29. The summed E-state index contributed by atoms with van der Waals surface area (Å²) in [6.07, 6.45) is 1.95. The van der Waals surface area contributed by atoms with Crippen molar-refractivity contribution in [1.29, 1.82) is 0 Å². The van der Waals surface area contributed by atoms with Gasteiger partial charge in [0.1, 0.15) is 6.54 Å². The fraction of sp³-hybridized carbons (Fsp3) is 0.583. The number of likely N-dealkylation sites (tertiary alicyclic amines) is 1. The van der Waals surface area contributed by atoms with E-state index in [2.05, 4.69) is 6.58 Å². The highest BCUT2D eigenvalue weighted by Gasteiger charge is 2.41. The Balaban J connectivity index is 2.74. The molecule has 1 rings (SSSR count). The predicted molar refractivity (Wildman–Crippen MR) is 68.3 cm³/mol. The minimum absolute atomic E-state index is 0.148. The van der Waals surface area contributed by atoms with Crippen molar-refractivity contribution < 1.29 is 19.5 Å². The average molecular weight is 269 g/mol. The van der Waals surface area contributed by atoms with Crippen molar-refractivity contribution in [3.63, 3.8) is 0 Å². The van der Waals surface area contributed by atoms with Gasteiger partial charge in [0.25, 0.3) is 0 Å². The fourth-order valence-corrected chi connectivity index (χ4v) is 2.05. The van der Waals surface area contributed by atoms with Gasteiger partial charge in [-0.3, -0.25) is 9.59 Å². The molecule has 0 spiro atoms. The Bertz CT molecular complexity index is 410. The summed E-state index contributed by atoms with van der Waals surface area (Å²) < 4.78 is 0. The normalized spacial score (nSPS) is 22.1. The maximum atomic E-state index is 12.2. The molecule has 19 heavy (non-hydrogen) atoms. The van der Waals surface area contributed by atoms with Crippen LogP contribution in [-0.4, -0.2) is 59.0 Å². The van der Waals surface area contributed by atoms with Crippen LogP contribution in [-0.2, 0) is 9.59 Å². The minimum Gasteiger partial charge on any atom is -0.480 e. The van der Waals surface area contributed by atoms with E-state index in [9.17, 15) is 14.4 Å². The van der Waals surface area contributed by atoms with Gasteiger partial charge in [-0.1, -0.05) is 6.08 Å². The molecule has 1 atom stereocenters. The molecule has 3 amide bonds. The molecular formula is C12H19N3O4. The van der Waals surface area contributed by atoms with Crippen LogP contribution in [0.15, 0.2) is 12.7 Å². The van der Waals surface area contributed by atoms with Gasteiger partial charge in [-0.05, 0) is 13.3 Å². The van der Waals surface area contributed by atoms with Crippen LogP contribution in [0.5, 0.6) is 0 Å². The smallest absolute Gasteiger partial charge is 0.323 e. The van der Waals surface area contributed by atoms with E-state index in [1.165, 1.54) is 15.9 Å². The largest absolute Gasteiger partial charge is 0.480 e. The van der Waals surface area contributed by atoms with Crippen molar-refractivity contribution in [3.8, 4) is 0 Å². The van der Waals surface area contributed by atoms with Gasteiger partial charge in [-0.15, -0.1) is 6.58 Å². The van der Waals surface area contributed by atoms with Crippen molar-refractivity contribution in [2.75, 3.05) is 26.2 Å². The van der Waals surface area contributed by atoms with E-state index >= 15 is 0 Å². The number of primary amides is 1. The Morgan fingerprint density at radius 2 is 2.16 bits per heavy atom. The molecule has 1 aliphatic rings. The Kier molecular flexibility index (Phi) is 4.52. The number of carboxylic acids is 1. The SMILES string of the molecule is C=CCN(CC(=O)O)C(=O)N1CCC(C)(C(N)=O)C1. The van der Waals surface area contributed by atoms with Crippen LogP contribution >= 0.6 is 0 Å². The molecule has 0 aromatic carbocycles. The number of urea groups is 1. The van der Waals surface area contributed by atoms with Gasteiger partial charge in [-0.2, -0.15) is 0 Å². The highest BCUT2D eigenvalue weighted by molar-refractivity contribution is 5.84. The lowest BCUT2D eigenvalue weighted by Crippen LogP contribution is -2.46. The topological polar surface area (TPSA) is 104 Å². The van der Waals surface area contributed by atoms with Gasteiger partial charge in [0.15, 0.2) is 0 Å². The van der Waals surface area contributed by atoms with Crippen molar-refractivity contribution in [2.24, 2.45) is 11.1 Å². The third kappa shape index (κ3) is 3.46.